The normalized spacial score (nSPS) is 10.1. The Labute approximate surface area is 95.3 Å². The van der Waals surface area contributed by atoms with Gasteiger partial charge in [0.25, 0.3) is 0 Å². The van der Waals surface area contributed by atoms with Crippen LogP contribution in [0.2, 0.25) is 0 Å². The van der Waals surface area contributed by atoms with Gasteiger partial charge in [-0.3, -0.25) is 0 Å². The van der Waals surface area contributed by atoms with Gasteiger partial charge in [0.15, 0.2) is 0 Å². The third-order valence-corrected chi connectivity index (χ3v) is 0.201. The molecule has 13 heteroatoms. The summed E-state index contributed by atoms with van der Waals surface area (Å²) < 4.78 is 3.89. The second kappa shape index (κ2) is 9.55. The minimum Gasteiger partial charge on any atom is -0.453 e. The number of carbonyl (C=O) groups is 1. The lowest BCUT2D eigenvalue weighted by molar-refractivity contribution is 0.182. The van der Waals surface area contributed by atoms with Crippen LogP contribution in [0.3, 0.4) is 0 Å². The molecule has 0 spiro atoms. The summed E-state index contributed by atoms with van der Waals surface area (Å²) in [5, 5.41) is 0. The summed E-state index contributed by atoms with van der Waals surface area (Å²) in [5.74, 6) is 0. The summed E-state index contributed by atoms with van der Waals surface area (Å²) in [7, 11) is 1.22. The van der Waals surface area contributed by atoms with Gasteiger partial charge in [-0.1, -0.05) is 0 Å². The van der Waals surface area contributed by atoms with Crippen molar-refractivity contribution in [1.29, 1.82) is 0 Å². The number of hydrogen-bond donors (Lipinski definition) is 7. The van der Waals surface area contributed by atoms with Gasteiger partial charge in [-0.25, -0.2) is 4.79 Å². The predicted octanol–water partition coefficient (Wildman–Crippen LogP) is -1.91. The van der Waals surface area contributed by atoms with E-state index in [9.17, 15) is 4.79 Å². The molecule has 0 bridgehead atoms. The molecule has 0 saturated heterocycles. The van der Waals surface area contributed by atoms with Crippen LogP contribution in [0.25, 0.3) is 0 Å². The fourth-order valence-electron chi connectivity index (χ4n) is 0. The van der Waals surface area contributed by atoms with Crippen molar-refractivity contribution in [3.8, 4) is 0 Å². The second-order valence-electron chi connectivity index (χ2n) is 1.55. The fourth-order valence-corrected chi connectivity index (χ4v) is 0. The number of hydrogen-bond acceptors (Lipinski definition) is 4. The molecule has 0 aromatic carbocycles. The van der Waals surface area contributed by atoms with E-state index in [0.717, 1.165) is 0 Å². The fraction of sp³-hybridized carbons (Fsp3) is 0.500. The number of rotatable bonds is 0. The highest BCUT2D eigenvalue weighted by atomic mass is 32.5. The summed E-state index contributed by atoms with van der Waals surface area (Å²) in [6.45, 7) is -7.61. The molecule has 0 aromatic rings. The Morgan fingerprint density at radius 1 is 1.07 bits per heavy atom. The molecule has 0 aliphatic heterocycles. The van der Waals surface area contributed by atoms with E-state index in [-0.39, 0.29) is 0 Å². The first-order valence-electron chi connectivity index (χ1n) is 2.67. The van der Waals surface area contributed by atoms with E-state index < -0.39 is 19.5 Å². The summed E-state index contributed by atoms with van der Waals surface area (Å²) in [6, 6.07) is 0. The van der Waals surface area contributed by atoms with Crippen molar-refractivity contribution >= 4 is 43.1 Å². The van der Waals surface area contributed by atoms with Crippen LogP contribution in [0.5, 0.6) is 0 Å². The summed E-state index contributed by atoms with van der Waals surface area (Å²) >= 11 is 7.21. The number of amides is 1. The molecular weight excluding hydrogens is 292 g/mol. The SMILES string of the molecule is COC(N)=O.OP(O)(O)=S.OP(O)(O)=S. The van der Waals surface area contributed by atoms with Crippen molar-refractivity contribution in [2.45, 2.75) is 0 Å². The van der Waals surface area contributed by atoms with Crippen LogP contribution in [-0.4, -0.2) is 42.6 Å². The largest absolute Gasteiger partial charge is 0.453 e. The highest BCUT2D eigenvalue weighted by Gasteiger charge is 1.92. The zero-order chi connectivity index (χ0) is 13.3. The number of primary amides is 1. The van der Waals surface area contributed by atoms with Gasteiger partial charge in [-0.15, -0.1) is 0 Å². The number of methoxy groups -OCH3 is 1. The van der Waals surface area contributed by atoms with Gasteiger partial charge >= 0.3 is 19.5 Å². The van der Waals surface area contributed by atoms with Gasteiger partial charge in [-0.05, 0) is 23.6 Å². The van der Waals surface area contributed by atoms with E-state index in [0.29, 0.717) is 0 Å². The highest BCUT2D eigenvalue weighted by molar-refractivity contribution is 8.06. The molecule has 94 valence electrons. The Hall–Kier alpha value is 0.330. The van der Waals surface area contributed by atoms with Gasteiger partial charge < -0.3 is 39.8 Å². The van der Waals surface area contributed by atoms with Crippen LogP contribution in [0.4, 0.5) is 4.79 Å². The Morgan fingerprint density at radius 3 is 1.13 bits per heavy atom. The Bertz CT molecular complexity index is 221. The molecule has 0 atom stereocenters. The lowest BCUT2D eigenvalue weighted by Crippen LogP contribution is -2.08. The number of carbonyl (C=O) groups excluding carboxylic acids is 1. The molecule has 9 nitrogen and oxygen atoms in total. The van der Waals surface area contributed by atoms with Crippen molar-refractivity contribution in [2.24, 2.45) is 5.73 Å². The Morgan fingerprint density at radius 2 is 1.13 bits per heavy atom. The van der Waals surface area contributed by atoms with Gasteiger partial charge in [0.2, 0.25) is 0 Å². The summed E-state index contributed by atoms with van der Waals surface area (Å²) in [6.07, 6.45) is -0.745. The van der Waals surface area contributed by atoms with Crippen molar-refractivity contribution in [3.63, 3.8) is 0 Å². The molecule has 1 amide bonds. The molecule has 0 saturated carbocycles. The smallest absolute Gasteiger partial charge is 0.404 e. The number of nitrogens with two attached hydrogens (primary N) is 1. The highest BCUT2D eigenvalue weighted by Crippen LogP contribution is 2.26. The topological polar surface area (TPSA) is 174 Å². The lowest BCUT2D eigenvalue weighted by atomic mass is 11.3. The quantitative estimate of drug-likeness (QED) is 0.250. The van der Waals surface area contributed by atoms with Crippen molar-refractivity contribution < 1.29 is 38.9 Å². The van der Waals surface area contributed by atoms with Crippen LogP contribution in [0, 0.1) is 0 Å². The monoisotopic (exact) mass is 303 g/mol. The standard InChI is InChI=1S/C2H5NO2.2H3O3PS/c1-5-2(3)4;2*1-4(2,3)5/h1H3,(H2,3,4);2*(H3,1,2,3,5). The maximum atomic E-state index is 9.37. The zero-order valence-electron chi connectivity index (χ0n) is 7.29. The molecule has 0 aliphatic carbocycles. The predicted molar refractivity (Wildman–Crippen MR) is 58.5 cm³/mol. The van der Waals surface area contributed by atoms with E-state index in [2.05, 4.69) is 34.1 Å². The molecule has 0 fully saturated rings. The first-order chi connectivity index (χ1) is 6.27. The average Bonchev–Trinajstić information content (AvgIpc) is 1.79. The van der Waals surface area contributed by atoms with Crippen LogP contribution in [0.15, 0.2) is 0 Å². The first kappa shape index (κ1) is 20.7. The molecule has 0 aliphatic rings. The maximum Gasteiger partial charge on any atom is 0.404 e. The summed E-state index contributed by atoms with van der Waals surface area (Å²) in [5.41, 5.74) is 4.43. The molecule has 8 N–H and O–H groups in total. The van der Waals surface area contributed by atoms with E-state index in [1.54, 1.807) is 0 Å². The minimum absolute atomic E-state index is 0.745. The Balaban J connectivity index is -0.000000144. The number of ether oxygens (including phenoxy) is 1. The van der Waals surface area contributed by atoms with Crippen molar-refractivity contribution in [3.05, 3.63) is 0 Å². The van der Waals surface area contributed by atoms with Crippen molar-refractivity contribution in [1.82, 2.24) is 0 Å². The van der Waals surface area contributed by atoms with E-state index in [4.69, 9.17) is 29.4 Å². The maximum absolute atomic E-state index is 9.37. The van der Waals surface area contributed by atoms with Crippen LogP contribution in [0.1, 0.15) is 0 Å². The average molecular weight is 303 g/mol. The molecule has 0 heterocycles. The van der Waals surface area contributed by atoms with Gasteiger partial charge in [-0.2, -0.15) is 0 Å². The lowest BCUT2D eigenvalue weighted by Gasteiger charge is -1.88. The van der Waals surface area contributed by atoms with Crippen LogP contribution in [-0.2, 0) is 28.4 Å². The van der Waals surface area contributed by atoms with Gasteiger partial charge in [0.05, 0.1) is 7.11 Å². The van der Waals surface area contributed by atoms with Gasteiger partial charge in [0.1, 0.15) is 0 Å². The molecule has 15 heavy (non-hydrogen) atoms. The molecule has 0 unspecified atom stereocenters. The Kier molecular flexibility index (Phi) is 13.2. The third-order valence-electron chi connectivity index (χ3n) is 0.201. The zero-order valence-corrected chi connectivity index (χ0v) is 10.7. The molecule has 0 rings (SSSR count). The molecule has 0 radical (unpaired) electrons. The minimum atomic E-state index is -3.81. The molecular formula is C2H11NO8P2S2. The second-order valence-corrected chi connectivity index (χ2v) is 6.54. The van der Waals surface area contributed by atoms with Crippen LogP contribution < -0.4 is 5.73 Å². The van der Waals surface area contributed by atoms with E-state index >= 15 is 0 Å². The van der Waals surface area contributed by atoms with Gasteiger partial charge in [0, 0.05) is 0 Å². The third kappa shape index (κ3) is 401. The molecule has 0 aromatic heterocycles. The summed E-state index contributed by atoms with van der Waals surface area (Å²) in [4.78, 5) is 54.7. The van der Waals surface area contributed by atoms with E-state index in [1.807, 2.05) is 0 Å². The van der Waals surface area contributed by atoms with Crippen molar-refractivity contribution in [2.75, 3.05) is 7.11 Å². The van der Waals surface area contributed by atoms with E-state index in [1.165, 1.54) is 7.11 Å². The first-order valence-corrected chi connectivity index (χ1v) is 7.99. The van der Waals surface area contributed by atoms with Crippen LogP contribution >= 0.6 is 13.4 Å².